The fourth-order valence-corrected chi connectivity index (χ4v) is 3.49. The molecule has 156 valence electrons. The summed E-state index contributed by atoms with van der Waals surface area (Å²) in [6.07, 6.45) is 0.870. The van der Waals surface area contributed by atoms with Gasteiger partial charge in [0.25, 0.3) is 5.91 Å². The van der Waals surface area contributed by atoms with Crippen molar-refractivity contribution in [2.24, 2.45) is 0 Å². The summed E-state index contributed by atoms with van der Waals surface area (Å²) in [4.78, 5) is 29.1. The number of imidazole rings is 1. The van der Waals surface area contributed by atoms with Crippen LogP contribution in [-0.2, 0) is 24.3 Å². The first-order chi connectivity index (χ1) is 15.2. The van der Waals surface area contributed by atoms with E-state index >= 15 is 0 Å². The van der Waals surface area contributed by atoms with Crippen molar-refractivity contribution in [2.75, 3.05) is 6.54 Å². The van der Waals surface area contributed by atoms with E-state index in [9.17, 15) is 9.59 Å². The number of aromatic nitrogens is 2. The molecule has 6 nitrogen and oxygen atoms in total. The van der Waals surface area contributed by atoms with Gasteiger partial charge in [0.1, 0.15) is 5.82 Å². The van der Waals surface area contributed by atoms with Crippen molar-refractivity contribution in [3.63, 3.8) is 0 Å². The van der Waals surface area contributed by atoms with Crippen molar-refractivity contribution in [3.05, 3.63) is 102 Å². The molecule has 0 radical (unpaired) electrons. The van der Waals surface area contributed by atoms with E-state index < -0.39 is 0 Å². The monoisotopic (exact) mass is 412 g/mol. The second kappa shape index (κ2) is 9.71. The Morgan fingerprint density at radius 3 is 2.26 bits per heavy atom. The molecule has 4 aromatic rings. The molecular formula is C25H24N4O2. The van der Waals surface area contributed by atoms with Crippen LogP contribution in [-0.4, -0.2) is 27.9 Å². The van der Waals surface area contributed by atoms with Crippen molar-refractivity contribution < 1.29 is 9.59 Å². The summed E-state index contributed by atoms with van der Waals surface area (Å²) in [5, 5.41) is 5.51. The fraction of sp³-hybridized carbons (Fsp3) is 0.160. The third kappa shape index (κ3) is 5.17. The highest BCUT2D eigenvalue weighted by molar-refractivity contribution is 5.96. The van der Waals surface area contributed by atoms with Crippen molar-refractivity contribution in [1.29, 1.82) is 0 Å². The predicted molar refractivity (Wildman–Crippen MR) is 121 cm³/mol. The lowest BCUT2D eigenvalue weighted by molar-refractivity contribution is -0.120. The number of nitrogens with zero attached hydrogens (tertiary/aromatic N) is 2. The number of carbonyl (C=O) groups is 2. The zero-order valence-electron chi connectivity index (χ0n) is 17.1. The second-order valence-electron chi connectivity index (χ2n) is 7.23. The number of fused-ring (bicyclic) bond motifs is 1. The molecule has 0 fully saturated rings. The highest BCUT2D eigenvalue weighted by atomic mass is 16.2. The molecule has 6 heteroatoms. The molecule has 0 atom stereocenters. The molecule has 0 aliphatic heterocycles. The van der Waals surface area contributed by atoms with Crippen LogP contribution in [0.2, 0.25) is 0 Å². The van der Waals surface area contributed by atoms with E-state index in [0.29, 0.717) is 12.1 Å². The van der Waals surface area contributed by atoms with Gasteiger partial charge >= 0.3 is 0 Å². The lowest BCUT2D eigenvalue weighted by Crippen LogP contribution is -2.37. The van der Waals surface area contributed by atoms with Gasteiger partial charge in [0.15, 0.2) is 0 Å². The van der Waals surface area contributed by atoms with Crippen LogP contribution in [0.5, 0.6) is 0 Å². The molecule has 3 aromatic carbocycles. The first-order valence-electron chi connectivity index (χ1n) is 10.3. The van der Waals surface area contributed by atoms with E-state index in [4.69, 9.17) is 4.98 Å². The van der Waals surface area contributed by atoms with E-state index in [1.165, 1.54) is 5.56 Å². The smallest absolute Gasteiger partial charge is 0.251 e. The summed E-state index contributed by atoms with van der Waals surface area (Å²) in [5.41, 5.74) is 3.72. The Labute approximate surface area is 180 Å². The van der Waals surface area contributed by atoms with Crippen molar-refractivity contribution >= 4 is 22.8 Å². The maximum Gasteiger partial charge on any atom is 0.251 e. The second-order valence-corrected chi connectivity index (χ2v) is 7.23. The highest BCUT2D eigenvalue weighted by Crippen LogP contribution is 2.17. The van der Waals surface area contributed by atoms with Gasteiger partial charge in [-0.3, -0.25) is 9.59 Å². The minimum absolute atomic E-state index is 0.0853. The Kier molecular flexibility index (Phi) is 6.38. The molecule has 4 rings (SSSR count). The Morgan fingerprint density at radius 1 is 0.806 bits per heavy atom. The molecule has 0 saturated heterocycles. The lowest BCUT2D eigenvalue weighted by atomic mass is 10.1. The van der Waals surface area contributed by atoms with E-state index in [1.54, 1.807) is 24.3 Å². The maximum absolute atomic E-state index is 12.3. The number of benzene rings is 3. The van der Waals surface area contributed by atoms with Gasteiger partial charge in [-0.15, -0.1) is 0 Å². The Hall–Kier alpha value is -3.93. The molecule has 1 aromatic heterocycles. The van der Waals surface area contributed by atoms with Gasteiger partial charge in [0, 0.05) is 12.1 Å². The summed E-state index contributed by atoms with van der Waals surface area (Å²) in [6.45, 7) is 0.974. The number of para-hydroxylation sites is 2. The van der Waals surface area contributed by atoms with Crippen molar-refractivity contribution in [2.45, 2.75) is 19.5 Å². The summed E-state index contributed by atoms with van der Waals surface area (Å²) in [6, 6.07) is 27.1. The van der Waals surface area contributed by atoms with Crippen LogP contribution in [0.1, 0.15) is 21.7 Å². The van der Waals surface area contributed by atoms with Gasteiger partial charge in [-0.1, -0.05) is 60.7 Å². The van der Waals surface area contributed by atoms with Crippen LogP contribution in [0.3, 0.4) is 0 Å². The molecule has 1 heterocycles. The number of amides is 2. The topological polar surface area (TPSA) is 76.0 Å². The number of hydrogen-bond donors (Lipinski definition) is 2. The third-order valence-corrected chi connectivity index (χ3v) is 5.09. The van der Waals surface area contributed by atoms with Gasteiger partial charge in [-0.05, 0) is 36.2 Å². The molecule has 2 N–H and O–H groups in total. The number of carbonyl (C=O) groups excluding carboxylic acids is 2. The van der Waals surface area contributed by atoms with Gasteiger partial charge in [0.05, 0.1) is 24.1 Å². The SMILES string of the molecule is O=C(CNC(=O)c1ccccc1)NCc1nc2ccccc2n1CCc1ccccc1. The van der Waals surface area contributed by atoms with E-state index in [0.717, 1.165) is 29.8 Å². The largest absolute Gasteiger partial charge is 0.347 e. The standard InChI is InChI=1S/C25H24N4O2/c30-24(18-27-25(31)20-11-5-2-6-12-20)26-17-23-28-21-13-7-8-14-22(21)29(23)16-15-19-9-3-1-4-10-19/h1-14H,15-18H2,(H,26,30)(H,27,31). The van der Waals surface area contributed by atoms with Gasteiger partial charge in [0.2, 0.25) is 5.91 Å². The molecular weight excluding hydrogens is 388 g/mol. The molecule has 31 heavy (non-hydrogen) atoms. The number of aryl methyl sites for hydroxylation is 2. The lowest BCUT2D eigenvalue weighted by Gasteiger charge is -2.11. The summed E-state index contributed by atoms with van der Waals surface area (Å²) < 4.78 is 2.14. The van der Waals surface area contributed by atoms with Crippen LogP contribution in [0.25, 0.3) is 11.0 Å². The van der Waals surface area contributed by atoms with Crippen molar-refractivity contribution in [1.82, 2.24) is 20.2 Å². The maximum atomic E-state index is 12.3. The van der Waals surface area contributed by atoms with Crippen LogP contribution in [0.4, 0.5) is 0 Å². The Balaban J connectivity index is 1.39. The zero-order chi connectivity index (χ0) is 21.5. The molecule has 0 unspecified atom stereocenters. The first-order valence-corrected chi connectivity index (χ1v) is 10.3. The molecule has 2 amide bonds. The van der Waals surface area contributed by atoms with Crippen LogP contribution < -0.4 is 10.6 Å². The summed E-state index contributed by atoms with van der Waals surface area (Å²) >= 11 is 0. The van der Waals surface area contributed by atoms with Gasteiger partial charge in [-0.2, -0.15) is 0 Å². The summed E-state index contributed by atoms with van der Waals surface area (Å²) in [5.74, 6) is 0.261. The Morgan fingerprint density at radius 2 is 1.48 bits per heavy atom. The summed E-state index contributed by atoms with van der Waals surface area (Å²) in [7, 11) is 0. The fourth-order valence-electron chi connectivity index (χ4n) is 3.49. The zero-order valence-corrected chi connectivity index (χ0v) is 17.1. The molecule has 0 spiro atoms. The quantitative estimate of drug-likeness (QED) is 0.466. The third-order valence-electron chi connectivity index (χ3n) is 5.09. The van der Waals surface area contributed by atoms with Crippen LogP contribution in [0, 0.1) is 0 Å². The minimum Gasteiger partial charge on any atom is -0.347 e. The Bertz CT molecular complexity index is 1170. The van der Waals surface area contributed by atoms with E-state index in [-0.39, 0.29) is 18.4 Å². The molecule has 0 saturated carbocycles. The molecule has 0 aliphatic rings. The molecule has 0 bridgehead atoms. The average molecular weight is 412 g/mol. The van der Waals surface area contributed by atoms with E-state index in [1.807, 2.05) is 48.5 Å². The molecule has 0 aliphatic carbocycles. The minimum atomic E-state index is -0.272. The number of rotatable bonds is 8. The average Bonchev–Trinajstić information content (AvgIpc) is 3.18. The van der Waals surface area contributed by atoms with Crippen LogP contribution >= 0.6 is 0 Å². The van der Waals surface area contributed by atoms with Crippen LogP contribution in [0.15, 0.2) is 84.9 Å². The van der Waals surface area contributed by atoms with Gasteiger partial charge in [-0.25, -0.2) is 4.98 Å². The van der Waals surface area contributed by atoms with Crippen molar-refractivity contribution in [3.8, 4) is 0 Å². The number of hydrogen-bond acceptors (Lipinski definition) is 3. The number of nitrogens with one attached hydrogen (secondary N) is 2. The first kappa shape index (κ1) is 20.3. The predicted octanol–water partition coefficient (Wildman–Crippen LogP) is 3.33. The highest BCUT2D eigenvalue weighted by Gasteiger charge is 2.12. The normalized spacial score (nSPS) is 10.7. The van der Waals surface area contributed by atoms with E-state index in [2.05, 4.69) is 27.3 Å². The van der Waals surface area contributed by atoms with Gasteiger partial charge < -0.3 is 15.2 Å².